The van der Waals surface area contributed by atoms with Gasteiger partial charge < -0.3 is 10.1 Å². The lowest BCUT2D eigenvalue weighted by atomic mass is 10.2. The van der Waals surface area contributed by atoms with Gasteiger partial charge in [0, 0.05) is 5.02 Å². The standard InChI is InChI=1S/C25H18Cl2N2O3S2/c26-18-8-11-21(20(27)13-18)28-23(30)15-32-19-9-6-16(7-10-19)12-22-24(31)29(25(33)34-22)14-17-4-2-1-3-5-17/h1-13H,14-15H2,(H,28,30)/b22-12-. The number of thiocarbonyl (C=S) groups is 1. The predicted molar refractivity (Wildman–Crippen MR) is 142 cm³/mol. The summed E-state index contributed by atoms with van der Waals surface area (Å²) in [5.41, 5.74) is 2.30. The zero-order chi connectivity index (χ0) is 24.1. The van der Waals surface area contributed by atoms with E-state index in [1.54, 1.807) is 41.3 Å². The number of hydrogen-bond acceptors (Lipinski definition) is 5. The molecular formula is C25H18Cl2N2O3S2. The molecule has 0 spiro atoms. The second-order valence-corrected chi connectivity index (χ2v) is 9.80. The Labute approximate surface area is 216 Å². The van der Waals surface area contributed by atoms with Gasteiger partial charge in [-0.1, -0.05) is 89.6 Å². The number of carbonyl (C=O) groups is 2. The molecule has 2 amide bonds. The fourth-order valence-corrected chi connectivity index (χ4v) is 4.85. The van der Waals surface area contributed by atoms with Crippen molar-refractivity contribution in [3.8, 4) is 5.75 Å². The number of nitrogens with one attached hydrogen (secondary N) is 1. The monoisotopic (exact) mass is 528 g/mol. The number of halogens is 2. The summed E-state index contributed by atoms with van der Waals surface area (Å²) in [6, 6.07) is 21.6. The third-order valence-electron chi connectivity index (χ3n) is 4.81. The van der Waals surface area contributed by atoms with Gasteiger partial charge in [0.05, 0.1) is 22.2 Å². The zero-order valence-electron chi connectivity index (χ0n) is 17.7. The van der Waals surface area contributed by atoms with Gasteiger partial charge in [-0.25, -0.2) is 0 Å². The quantitative estimate of drug-likeness (QED) is 0.283. The maximum absolute atomic E-state index is 12.8. The number of carbonyl (C=O) groups excluding carboxylic acids is 2. The molecule has 4 rings (SSSR count). The Morgan fingerprint density at radius 3 is 2.50 bits per heavy atom. The van der Waals surface area contributed by atoms with Crippen LogP contribution in [0, 0.1) is 0 Å². The van der Waals surface area contributed by atoms with Gasteiger partial charge >= 0.3 is 0 Å². The second-order valence-electron chi connectivity index (χ2n) is 7.28. The summed E-state index contributed by atoms with van der Waals surface area (Å²) in [4.78, 5) is 27.1. The summed E-state index contributed by atoms with van der Waals surface area (Å²) in [6.45, 7) is 0.259. The Hall–Kier alpha value is -2.84. The van der Waals surface area contributed by atoms with Crippen LogP contribution < -0.4 is 10.1 Å². The van der Waals surface area contributed by atoms with E-state index < -0.39 is 0 Å². The number of nitrogens with zero attached hydrogens (tertiary/aromatic N) is 1. The summed E-state index contributed by atoms with van der Waals surface area (Å²) >= 11 is 18.6. The van der Waals surface area contributed by atoms with E-state index in [4.69, 9.17) is 40.2 Å². The number of hydrogen-bond donors (Lipinski definition) is 1. The molecule has 0 unspecified atom stereocenters. The second kappa shape index (κ2) is 11.1. The highest BCUT2D eigenvalue weighted by Gasteiger charge is 2.31. The molecule has 34 heavy (non-hydrogen) atoms. The lowest BCUT2D eigenvalue weighted by Gasteiger charge is -2.14. The van der Waals surface area contributed by atoms with Crippen molar-refractivity contribution >= 4 is 75.1 Å². The lowest BCUT2D eigenvalue weighted by molar-refractivity contribution is -0.122. The minimum absolute atomic E-state index is 0.114. The molecule has 1 N–H and O–H groups in total. The molecule has 5 nitrogen and oxygen atoms in total. The Balaban J connectivity index is 1.33. The smallest absolute Gasteiger partial charge is 0.266 e. The van der Waals surface area contributed by atoms with Gasteiger partial charge in [-0.2, -0.15) is 0 Å². The summed E-state index contributed by atoms with van der Waals surface area (Å²) in [5, 5.41) is 3.51. The molecular weight excluding hydrogens is 511 g/mol. The predicted octanol–water partition coefficient (Wildman–Crippen LogP) is 6.41. The van der Waals surface area contributed by atoms with E-state index >= 15 is 0 Å². The van der Waals surface area contributed by atoms with Crippen molar-refractivity contribution in [1.29, 1.82) is 0 Å². The first-order chi connectivity index (χ1) is 16.4. The van der Waals surface area contributed by atoms with E-state index in [2.05, 4.69) is 5.32 Å². The average molecular weight is 529 g/mol. The fraction of sp³-hybridized carbons (Fsp3) is 0.0800. The summed E-state index contributed by atoms with van der Waals surface area (Å²) in [6.07, 6.45) is 1.79. The average Bonchev–Trinajstić information content (AvgIpc) is 3.08. The molecule has 0 bridgehead atoms. The van der Waals surface area contributed by atoms with E-state index in [-0.39, 0.29) is 18.4 Å². The Bertz CT molecular complexity index is 1260. The number of anilines is 1. The van der Waals surface area contributed by atoms with Crippen LogP contribution >= 0.6 is 47.2 Å². The number of amides is 2. The van der Waals surface area contributed by atoms with Gasteiger partial charge in [0.15, 0.2) is 6.61 Å². The van der Waals surface area contributed by atoms with E-state index in [9.17, 15) is 9.59 Å². The molecule has 0 saturated carbocycles. The van der Waals surface area contributed by atoms with Crippen molar-refractivity contribution < 1.29 is 14.3 Å². The minimum atomic E-state index is -0.351. The van der Waals surface area contributed by atoms with Gasteiger partial charge in [0.25, 0.3) is 11.8 Å². The molecule has 1 saturated heterocycles. The Morgan fingerprint density at radius 1 is 1.06 bits per heavy atom. The molecule has 0 atom stereocenters. The highest BCUT2D eigenvalue weighted by atomic mass is 35.5. The van der Waals surface area contributed by atoms with Crippen LogP contribution in [0.3, 0.4) is 0 Å². The topological polar surface area (TPSA) is 58.6 Å². The minimum Gasteiger partial charge on any atom is -0.484 e. The third kappa shape index (κ3) is 6.18. The van der Waals surface area contributed by atoms with Gasteiger partial charge in [0.1, 0.15) is 10.1 Å². The molecule has 3 aromatic carbocycles. The van der Waals surface area contributed by atoms with Gasteiger partial charge in [-0.05, 0) is 47.5 Å². The first kappa shape index (κ1) is 24.3. The summed E-state index contributed by atoms with van der Waals surface area (Å²) < 4.78 is 6.08. The van der Waals surface area contributed by atoms with Crippen LogP contribution in [0.5, 0.6) is 5.75 Å². The Morgan fingerprint density at radius 2 is 1.79 bits per heavy atom. The third-order valence-corrected chi connectivity index (χ3v) is 6.74. The van der Waals surface area contributed by atoms with Crippen LogP contribution in [-0.2, 0) is 16.1 Å². The van der Waals surface area contributed by atoms with E-state index in [0.717, 1.165) is 11.1 Å². The first-order valence-corrected chi connectivity index (χ1v) is 12.1. The number of benzene rings is 3. The maximum Gasteiger partial charge on any atom is 0.266 e. The summed E-state index contributed by atoms with van der Waals surface area (Å²) in [5.74, 6) is 0.0539. The molecule has 1 fully saturated rings. The van der Waals surface area contributed by atoms with E-state index in [0.29, 0.717) is 37.3 Å². The van der Waals surface area contributed by atoms with E-state index in [1.165, 1.54) is 11.8 Å². The zero-order valence-corrected chi connectivity index (χ0v) is 20.8. The lowest BCUT2D eigenvalue weighted by Crippen LogP contribution is -2.27. The van der Waals surface area contributed by atoms with Crippen molar-refractivity contribution in [2.24, 2.45) is 0 Å². The highest BCUT2D eigenvalue weighted by molar-refractivity contribution is 8.26. The molecule has 0 aliphatic carbocycles. The fourth-order valence-electron chi connectivity index (χ4n) is 3.14. The van der Waals surface area contributed by atoms with Crippen LogP contribution in [-0.4, -0.2) is 27.6 Å². The maximum atomic E-state index is 12.8. The molecule has 0 radical (unpaired) electrons. The Kier molecular flexibility index (Phi) is 7.90. The summed E-state index contributed by atoms with van der Waals surface area (Å²) in [7, 11) is 0. The molecule has 1 aliphatic heterocycles. The van der Waals surface area contributed by atoms with Crippen LogP contribution in [0.15, 0.2) is 77.7 Å². The molecule has 1 aliphatic rings. The van der Waals surface area contributed by atoms with Gasteiger partial charge in [-0.3, -0.25) is 14.5 Å². The molecule has 3 aromatic rings. The van der Waals surface area contributed by atoms with Crippen LogP contribution in [0.4, 0.5) is 5.69 Å². The van der Waals surface area contributed by atoms with Crippen molar-refractivity contribution in [1.82, 2.24) is 4.90 Å². The van der Waals surface area contributed by atoms with Crippen LogP contribution in [0.1, 0.15) is 11.1 Å². The first-order valence-electron chi connectivity index (χ1n) is 10.2. The number of rotatable bonds is 7. The van der Waals surface area contributed by atoms with Crippen molar-refractivity contribution in [2.45, 2.75) is 6.54 Å². The molecule has 172 valence electrons. The van der Waals surface area contributed by atoms with Gasteiger partial charge in [0.2, 0.25) is 0 Å². The number of ether oxygens (including phenoxy) is 1. The normalized spacial score (nSPS) is 14.5. The van der Waals surface area contributed by atoms with Gasteiger partial charge in [-0.15, -0.1) is 0 Å². The molecule has 1 heterocycles. The van der Waals surface area contributed by atoms with Crippen LogP contribution in [0.2, 0.25) is 10.0 Å². The molecule has 9 heteroatoms. The largest absolute Gasteiger partial charge is 0.484 e. The highest BCUT2D eigenvalue weighted by Crippen LogP contribution is 2.34. The van der Waals surface area contributed by atoms with E-state index in [1.807, 2.05) is 42.5 Å². The van der Waals surface area contributed by atoms with Crippen LogP contribution in [0.25, 0.3) is 6.08 Å². The van der Waals surface area contributed by atoms with Crippen molar-refractivity contribution in [2.75, 3.05) is 11.9 Å². The molecule has 0 aromatic heterocycles. The van der Waals surface area contributed by atoms with Crippen molar-refractivity contribution in [3.05, 3.63) is 98.9 Å². The number of thioether (sulfide) groups is 1. The SMILES string of the molecule is O=C(COc1ccc(/C=C2\SC(=S)N(Cc3ccccc3)C2=O)cc1)Nc1ccc(Cl)cc1Cl. The van der Waals surface area contributed by atoms with Crippen molar-refractivity contribution in [3.63, 3.8) is 0 Å².